The molecule has 0 bridgehead atoms. The first-order valence-electron chi connectivity index (χ1n) is 10.4. The van der Waals surface area contributed by atoms with Gasteiger partial charge in [0, 0.05) is 18.3 Å². The van der Waals surface area contributed by atoms with Gasteiger partial charge in [-0.1, -0.05) is 60.7 Å². The zero-order chi connectivity index (χ0) is 20.3. The number of allylic oxidation sites excluding steroid dienone is 1. The predicted octanol–water partition coefficient (Wildman–Crippen LogP) is 5.52. The van der Waals surface area contributed by atoms with Gasteiger partial charge in [-0.05, 0) is 54.2 Å². The van der Waals surface area contributed by atoms with Crippen molar-refractivity contribution in [2.45, 2.75) is 25.3 Å². The van der Waals surface area contributed by atoms with Gasteiger partial charge in [0.25, 0.3) is 5.91 Å². The Labute approximate surface area is 176 Å². The van der Waals surface area contributed by atoms with Gasteiger partial charge >= 0.3 is 0 Å². The lowest BCUT2D eigenvalue weighted by Crippen LogP contribution is -2.31. The molecule has 1 fully saturated rings. The summed E-state index contributed by atoms with van der Waals surface area (Å²) in [6.07, 6.45) is 8.64. The Morgan fingerprint density at radius 2 is 1.73 bits per heavy atom. The molecule has 1 aliphatic carbocycles. The zero-order valence-electron chi connectivity index (χ0n) is 16.7. The number of rotatable bonds is 3. The van der Waals surface area contributed by atoms with Crippen LogP contribution in [0, 0.1) is 5.92 Å². The Morgan fingerprint density at radius 3 is 2.47 bits per heavy atom. The van der Waals surface area contributed by atoms with Crippen LogP contribution in [0.15, 0.2) is 95.9 Å². The first kappa shape index (κ1) is 18.5. The minimum atomic E-state index is -0.0992. The number of nitrogens with zero attached hydrogens (tertiary/aromatic N) is 3. The van der Waals surface area contributed by atoms with E-state index in [9.17, 15) is 4.79 Å². The van der Waals surface area contributed by atoms with Crippen molar-refractivity contribution in [1.82, 2.24) is 9.99 Å². The maximum atomic E-state index is 13.4. The van der Waals surface area contributed by atoms with E-state index in [1.807, 2.05) is 36.4 Å². The number of aromatic nitrogens is 1. The van der Waals surface area contributed by atoms with Crippen molar-refractivity contribution >= 4 is 17.7 Å². The van der Waals surface area contributed by atoms with Crippen molar-refractivity contribution in [2.24, 2.45) is 11.0 Å². The van der Waals surface area contributed by atoms with E-state index in [2.05, 4.69) is 35.3 Å². The molecule has 5 rings (SSSR count). The van der Waals surface area contributed by atoms with Gasteiger partial charge in [0.2, 0.25) is 0 Å². The van der Waals surface area contributed by atoms with Crippen LogP contribution in [-0.2, 0) is 0 Å². The molecule has 148 valence electrons. The summed E-state index contributed by atoms with van der Waals surface area (Å²) in [5.74, 6) is 0.106. The summed E-state index contributed by atoms with van der Waals surface area (Å²) >= 11 is 0. The number of carbonyl (C=O) groups is 1. The van der Waals surface area contributed by atoms with Crippen LogP contribution in [0.4, 0.5) is 0 Å². The lowest BCUT2D eigenvalue weighted by atomic mass is 9.77. The second-order valence-electron chi connectivity index (χ2n) is 7.81. The highest BCUT2D eigenvalue weighted by molar-refractivity contribution is 6.09. The molecular formula is C26H23N3O. The number of hydrogen-bond acceptors (Lipinski definition) is 3. The van der Waals surface area contributed by atoms with Crippen molar-refractivity contribution < 1.29 is 4.79 Å². The van der Waals surface area contributed by atoms with Gasteiger partial charge in [0.05, 0.1) is 17.3 Å². The van der Waals surface area contributed by atoms with E-state index >= 15 is 0 Å². The number of hydrogen-bond donors (Lipinski definition) is 0. The molecule has 0 radical (unpaired) electrons. The standard InChI is InChI=1S/C26H23N3O/c30-26(22-14-8-16-27-18-22)29-25(20-11-5-2-6-12-20)23-15-7-13-21(24(23)28-29)17-19-9-3-1-4-10-19/h1-6,8-12,14,16-18,23,25H,7,13,15H2/b21-17-/t23-,25+/m0/s1. The summed E-state index contributed by atoms with van der Waals surface area (Å²) in [6, 6.07) is 24.1. The molecule has 1 aliphatic heterocycles. The molecule has 0 saturated heterocycles. The molecule has 1 aromatic heterocycles. The fourth-order valence-electron chi connectivity index (χ4n) is 4.52. The number of carbonyl (C=O) groups excluding carboxylic acids is 1. The molecule has 3 aromatic rings. The molecule has 4 heteroatoms. The predicted molar refractivity (Wildman–Crippen MR) is 119 cm³/mol. The van der Waals surface area contributed by atoms with Crippen LogP contribution < -0.4 is 0 Å². The molecule has 1 saturated carbocycles. The van der Waals surface area contributed by atoms with Crippen LogP contribution in [-0.4, -0.2) is 21.6 Å². The van der Waals surface area contributed by atoms with E-state index in [-0.39, 0.29) is 17.9 Å². The first-order chi connectivity index (χ1) is 14.8. The molecule has 0 spiro atoms. The minimum absolute atomic E-state index is 0.0895. The summed E-state index contributed by atoms with van der Waals surface area (Å²) in [4.78, 5) is 17.5. The molecule has 2 atom stereocenters. The average molecular weight is 393 g/mol. The highest BCUT2D eigenvalue weighted by Gasteiger charge is 2.43. The van der Waals surface area contributed by atoms with Crippen LogP contribution in [0.1, 0.15) is 46.8 Å². The van der Waals surface area contributed by atoms with Crippen LogP contribution in [0.25, 0.3) is 6.08 Å². The lowest BCUT2D eigenvalue weighted by Gasteiger charge is -2.29. The van der Waals surface area contributed by atoms with Crippen molar-refractivity contribution in [3.63, 3.8) is 0 Å². The third kappa shape index (κ3) is 3.45. The SMILES string of the molecule is O=C(c1cccnc1)N1N=C2/C(=C\c3ccccc3)CCC[C@@H]2[C@H]1c1ccccc1. The Bertz CT molecular complexity index is 1090. The molecule has 2 aliphatic rings. The minimum Gasteiger partial charge on any atom is -0.267 e. The van der Waals surface area contributed by atoms with Crippen LogP contribution >= 0.6 is 0 Å². The fourth-order valence-corrected chi connectivity index (χ4v) is 4.52. The Morgan fingerprint density at radius 1 is 0.967 bits per heavy atom. The maximum absolute atomic E-state index is 13.4. The molecular weight excluding hydrogens is 370 g/mol. The highest BCUT2D eigenvalue weighted by atomic mass is 16.2. The smallest absolute Gasteiger partial charge is 0.267 e. The highest BCUT2D eigenvalue weighted by Crippen LogP contribution is 2.44. The summed E-state index contributed by atoms with van der Waals surface area (Å²) in [5, 5.41) is 6.62. The fraction of sp³-hybridized carbons (Fsp3) is 0.192. The van der Waals surface area contributed by atoms with E-state index < -0.39 is 0 Å². The van der Waals surface area contributed by atoms with E-state index in [0.717, 1.165) is 30.5 Å². The van der Waals surface area contributed by atoms with Gasteiger partial charge in [-0.25, -0.2) is 5.01 Å². The van der Waals surface area contributed by atoms with Crippen LogP contribution in [0.3, 0.4) is 0 Å². The van der Waals surface area contributed by atoms with Crippen molar-refractivity contribution in [2.75, 3.05) is 0 Å². The molecule has 30 heavy (non-hydrogen) atoms. The number of hydrazone groups is 1. The Hall–Kier alpha value is -3.53. The van der Waals surface area contributed by atoms with Crippen LogP contribution in [0.5, 0.6) is 0 Å². The van der Waals surface area contributed by atoms with Gasteiger partial charge in [-0.15, -0.1) is 0 Å². The molecule has 0 N–H and O–H groups in total. The molecule has 4 nitrogen and oxygen atoms in total. The second-order valence-corrected chi connectivity index (χ2v) is 7.81. The van der Waals surface area contributed by atoms with E-state index in [1.165, 1.54) is 11.1 Å². The van der Waals surface area contributed by atoms with Crippen molar-refractivity contribution in [1.29, 1.82) is 0 Å². The van der Waals surface area contributed by atoms with Gasteiger partial charge in [-0.3, -0.25) is 9.78 Å². The molecule has 2 heterocycles. The topological polar surface area (TPSA) is 45.6 Å². The largest absolute Gasteiger partial charge is 0.276 e. The quantitative estimate of drug-likeness (QED) is 0.588. The van der Waals surface area contributed by atoms with Gasteiger partial charge in [0.1, 0.15) is 0 Å². The molecule has 0 unspecified atom stereocenters. The number of amides is 1. The van der Waals surface area contributed by atoms with Gasteiger partial charge < -0.3 is 0 Å². The third-order valence-corrected chi connectivity index (χ3v) is 5.90. The average Bonchev–Trinajstić information content (AvgIpc) is 3.21. The summed E-state index contributed by atoms with van der Waals surface area (Å²) in [6.45, 7) is 0. The lowest BCUT2D eigenvalue weighted by molar-refractivity contribution is 0.0680. The molecule has 2 aromatic carbocycles. The van der Waals surface area contributed by atoms with Gasteiger partial charge in [-0.2, -0.15) is 5.10 Å². The molecule has 1 amide bonds. The van der Waals surface area contributed by atoms with Crippen LogP contribution in [0.2, 0.25) is 0 Å². The Balaban J connectivity index is 1.58. The normalized spacial score (nSPS) is 21.9. The monoisotopic (exact) mass is 393 g/mol. The summed E-state index contributed by atoms with van der Waals surface area (Å²) < 4.78 is 0. The van der Waals surface area contributed by atoms with E-state index in [1.54, 1.807) is 29.5 Å². The van der Waals surface area contributed by atoms with Gasteiger partial charge in [0.15, 0.2) is 0 Å². The Kier molecular flexibility index (Phi) is 4.98. The first-order valence-corrected chi connectivity index (χ1v) is 10.4. The van der Waals surface area contributed by atoms with E-state index in [0.29, 0.717) is 5.56 Å². The maximum Gasteiger partial charge on any atom is 0.276 e. The summed E-state index contributed by atoms with van der Waals surface area (Å²) in [7, 11) is 0. The second kappa shape index (κ2) is 8.07. The number of fused-ring (bicyclic) bond motifs is 1. The van der Waals surface area contributed by atoms with Crippen molar-refractivity contribution in [3.05, 3.63) is 107 Å². The zero-order valence-corrected chi connectivity index (χ0v) is 16.7. The summed E-state index contributed by atoms with van der Waals surface area (Å²) in [5.41, 5.74) is 5.15. The number of pyridine rings is 1. The van der Waals surface area contributed by atoms with E-state index in [4.69, 9.17) is 5.10 Å². The number of benzene rings is 2. The third-order valence-electron chi connectivity index (χ3n) is 5.90. The van der Waals surface area contributed by atoms with Crippen molar-refractivity contribution in [3.8, 4) is 0 Å².